The predicted molar refractivity (Wildman–Crippen MR) is 83.3 cm³/mol. The summed E-state index contributed by atoms with van der Waals surface area (Å²) in [5, 5.41) is 12.9. The first-order chi connectivity index (χ1) is 11.2. The second-order valence-electron chi connectivity index (χ2n) is 4.90. The summed E-state index contributed by atoms with van der Waals surface area (Å²) in [5.74, 6) is -2.78. The number of anilines is 1. The lowest BCUT2D eigenvalue weighted by Gasteiger charge is -2.16. The zero-order valence-corrected chi connectivity index (χ0v) is 14.0. The van der Waals surface area contributed by atoms with Crippen LogP contribution in [0, 0.1) is 12.7 Å². The third kappa shape index (κ3) is 3.18. The van der Waals surface area contributed by atoms with Gasteiger partial charge >= 0.3 is 5.97 Å². The Kier molecular flexibility index (Phi) is 4.78. The van der Waals surface area contributed by atoms with Crippen LogP contribution in [0.2, 0.25) is 0 Å². The second-order valence-corrected chi connectivity index (χ2v) is 6.49. The Morgan fingerprint density at radius 1 is 1.46 bits per heavy atom. The number of hydrogen-bond donors (Lipinski definition) is 2. The van der Waals surface area contributed by atoms with Gasteiger partial charge in [-0.15, -0.1) is 0 Å². The molecule has 0 aliphatic heterocycles. The first kappa shape index (κ1) is 17.7. The maximum Gasteiger partial charge on any atom is 0.340 e. The average molecular weight is 357 g/mol. The summed E-state index contributed by atoms with van der Waals surface area (Å²) in [4.78, 5) is 11.4. The highest BCUT2D eigenvalue weighted by Gasteiger charge is 2.28. The lowest BCUT2D eigenvalue weighted by atomic mass is 10.1. The standard InChI is InChI=1S/C14H16FN3O5S/c1-4-23-10-6-5-9(15)11(14(19)20)12(10)17-24(21,22)13-8(2)7-16-18(13)3/h5-7,17H,4H2,1-3H3,(H,19,20). The first-order valence-electron chi connectivity index (χ1n) is 6.89. The highest BCUT2D eigenvalue weighted by Crippen LogP contribution is 2.33. The minimum Gasteiger partial charge on any atom is -0.492 e. The van der Waals surface area contributed by atoms with E-state index in [2.05, 4.69) is 9.82 Å². The summed E-state index contributed by atoms with van der Waals surface area (Å²) in [6, 6.07) is 2.07. The second kappa shape index (κ2) is 6.48. The Morgan fingerprint density at radius 2 is 2.12 bits per heavy atom. The third-order valence-corrected chi connectivity index (χ3v) is 4.74. The average Bonchev–Trinajstić information content (AvgIpc) is 2.81. The van der Waals surface area contributed by atoms with Crippen LogP contribution in [-0.2, 0) is 17.1 Å². The molecule has 0 amide bonds. The number of nitrogens with zero attached hydrogens (tertiary/aromatic N) is 2. The van der Waals surface area contributed by atoms with Crippen LogP contribution < -0.4 is 9.46 Å². The van der Waals surface area contributed by atoms with Crippen molar-refractivity contribution in [2.45, 2.75) is 18.9 Å². The van der Waals surface area contributed by atoms with E-state index in [1.165, 1.54) is 26.2 Å². The van der Waals surface area contributed by atoms with E-state index in [0.717, 1.165) is 10.7 Å². The fourth-order valence-electron chi connectivity index (χ4n) is 2.25. The van der Waals surface area contributed by atoms with Gasteiger partial charge in [-0.3, -0.25) is 9.40 Å². The van der Waals surface area contributed by atoms with Gasteiger partial charge in [0.1, 0.15) is 22.8 Å². The molecule has 0 fully saturated rings. The first-order valence-corrected chi connectivity index (χ1v) is 8.37. The fourth-order valence-corrected chi connectivity index (χ4v) is 3.69. The van der Waals surface area contributed by atoms with Gasteiger partial charge in [-0.25, -0.2) is 9.18 Å². The molecule has 2 rings (SSSR count). The monoisotopic (exact) mass is 357 g/mol. The number of carboxylic acids is 1. The number of nitrogens with one attached hydrogen (secondary N) is 1. The lowest BCUT2D eigenvalue weighted by molar-refractivity contribution is 0.0692. The predicted octanol–water partition coefficient (Wildman–Crippen LogP) is 1.77. The summed E-state index contributed by atoms with van der Waals surface area (Å²) < 4.78 is 47.6. The summed E-state index contributed by atoms with van der Waals surface area (Å²) in [6.07, 6.45) is 1.35. The molecule has 130 valence electrons. The van der Waals surface area contributed by atoms with Crippen molar-refractivity contribution in [1.82, 2.24) is 9.78 Å². The Labute approximate surface area is 137 Å². The van der Waals surface area contributed by atoms with Crippen LogP contribution in [-0.4, -0.2) is 35.9 Å². The zero-order valence-electron chi connectivity index (χ0n) is 13.2. The molecule has 0 bridgehead atoms. The highest BCUT2D eigenvalue weighted by molar-refractivity contribution is 7.92. The largest absolute Gasteiger partial charge is 0.492 e. The quantitative estimate of drug-likeness (QED) is 0.815. The molecule has 10 heteroatoms. The number of rotatable bonds is 6. The topological polar surface area (TPSA) is 111 Å². The number of aromatic nitrogens is 2. The number of benzene rings is 1. The SMILES string of the molecule is CCOc1ccc(F)c(C(=O)O)c1NS(=O)(=O)c1c(C)cnn1C. The van der Waals surface area contributed by atoms with Crippen molar-refractivity contribution in [1.29, 1.82) is 0 Å². The molecule has 0 atom stereocenters. The molecule has 0 spiro atoms. The summed E-state index contributed by atoms with van der Waals surface area (Å²) in [6.45, 7) is 3.31. The number of aromatic carboxylic acids is 1. The van der Waals surface area contributed by atoms with Crippen LogP contribution in [0.25, 0.3) is 0 Å². The van der Waals surface area contributed by atoms with E-state index >= 15 is 0 Å². The van der Waals surface area contributed by atoms with Crippen molar-refractivity contribution >= 4 is 21.7 Å². The number of carbonyl (C=O) groups is 1. The van der Waals surface area contributed by atoms with Crippen LogP contribution in [0.4, 0.5) is 10.1 Å². The van der Waals surface area contributed by atoms with Gasteiger partial charge in [-0.05, 0) is 26.0 Å². The van der Waals surface area contributed by atoms with Gasteiger partial charge in [0.05, 0.1) is 12.8 Å². The maximum absolute atomic E-state index is 13.9. The third-order valence-electron chi connectivity index (χ3n) is 3.18. The van der Waals surface area contributed by atoms with Gasteiger partial charge in [0.2, 0.25) is 0 Å². The fraction of sp³-hybridized carbons (Fsp3) is 0.286. The van der Waals surface area contributed by atoms with Crippen molar-refractivity contribution in [2.75, 3.05) is 11.3 Å². The molecule has 24 heavy (non-hydrogen) atoms. The van der Waals surface area contributed by atoms with Gasteiger partial charge < -0.3 is 9.84 Å². The van der Waals surface area contributed by atoms with Crippen molar-refractivity contribution in [3.63, 3.8) is 0 Å². The van der Waals surface area contributed by atoms with E-state index < -0.39 is 33.1 Å². The molecule has 0 aliphatic rings. The van der Waals surface area contributed by atoms with Gasteiger partial charge in [0, 0.05) is 12.6 Å². The Balaban J connectivity index is 2.64. The van der Waals surface area contributed by atoms with Crippen molar-refractivity contribution < 1.29 is 27.4 Å². The number of aryl methyl sites for hydroxylation is 2. The van der Waals surface area contributed by atoms with Crippen molar-refractivity contribution in [3.05, 3.63) is 35.3 Å². The molecule has 2 N–H and O–H groups in total. The Bertz CT molecular complexity index is 873. The molecule has 0 unspecified atom stereocenters. The number of halogens is 1. The number of hydrogen-bond acceptors (Lipinski definition) is 5. The van der Waals surface area contributed by atoms with Crippen LogP contribution in [0.1, 0.15) is 22.8 Å². The van der Waals surface area contributed by atoms with Gasteiger partial charge in [0.25, 0.3) is 10.0 Å². The van der Waals surface area contributed by atoms with Crippen molar-refractivity contribution in [2.24, 2.45) is 7.05 Å². The van der Waals surface area contributed by atoms with Crippen molar-refractivity contribution in [3.8, 4) is 5.75 Å². The molecule has 1 aromatic carbocycles. The molecule has 0 saturated heterocycles. The number of ether oxygens (including phenoxy) is 1. The maximum atomic E-state index is 13.9. The zero-order chi connectivity index (χ0) is 18.1. The van der Waals surface area contributed by atoms with Crippen LogP contribution >= 0.6 is 0 Å². The minimum atomic E-state index is -4.20. The Hall–Kier alpha value is -2.62. The Morgan fingerprint density at radius 3 is 2.62 bits per heavy atom. The normalized spacial score (nSPS) is 11.3. The molecule has 2 aromatic rings. The summed E-state index contributed by atoms with van der Waals surface area (Å²) >= 11 is 0. The van der Waals surface area contributed by atoms with E-state index in [4.69, 9.17) is 4.74 Å². The van der Waals surface area contributed by atoms with Crippen LogP contribution in [0.15, 0.2) is 23.4 Å². The molecule has 8 nitrogen and oxygen atoms in total. The molecule has 0 aliphatic carbocycles. The summed E-state index contributed by atoms with van der Waals surface area (Å²) in [7, 11) is -2.78. The number of carboxylic acid groups (broad SMARTS) is 1. The van der Waals surface area contributed by atoms with E-state index in [-0.39, 0.29) is 17.4 Å². The van der Waals surface area contributed by atoms with E-state index in [1.807, 2.05) is 0 Å². The molecule has 1 heterocycles. The summed E-state index contributed by atoms with van der Waals surface area (Å²) in [5.41, 5.74) is -0.925. The molecular weight excluding hydrogens is 341 g/mol. The molecule has 0 saturated carbocycles. The molecular formula is C14H16FN3O5S. The smallest absolute Gasteiger partial charge is 0.340 e. The van der Waals surface area contributed by atoms with Gasteiger partial charge in [0.15, 0.2) is 5.03 Å². The van der Waals surface area contributed by atoms with Crippen LogP contribution in [0.3, 0.4) is 0 Å². The minimum absolute atomic E-state index is 0.0836. The van der Waals surface area contributed by atoms with Gasteiger partial charge in [-0.1, -0.05) is 0 Å². The van der Waals surface area contributed by atoms with E-state index in [0.29, 0.717) is 5.56 Å². The highest BCUT2D eigenvalue weighted by atomic mass is 32.2. The van der Waals surface area contributed by atoms with Crippen LogP contribution in [0.5, 0.6) is 5.75 Å². The van der Waals surface area contributed by atoms with E-state index in [9.17, 15) is 22.7 Å². The van der Waals surface area contributed by atoms with Gasteiger partial charge in [-0.2, -0.15) is 13.5 Å². The molecule has 1 aromatic heterocycles. The number of sulfonamides is 1. The van der Waals surface area contributed by atoms with E-state index in [1.54, 1.807) is 6.92 Å². The molecule has 0 radical (unpaired) electrons. The lowest BCUT2D eigenvalue weighted by Crippen LogP contribution is -2.20.